The minimum atomic E-state index is -5.12. The lowest BCUT2D eigenvalue weighted by molar-refractivity contribution is -0.274. The molecule has 3 rings (SSSR count). The molecule has 0 aliphatic carbocycles. The summed E-state index contributed by atoms with van der Waals surface area (Å²) in [5.74, 6) is -3.52. The zero-order valence-electron chi connectivity index (χ0n) is 16.0. The van der Waals surface area contributed by atoms with Gasteiger partial charge in [-0.3, -0.25) is 4.98 Å². The first kappa shape index (κ1) is 22.7. The number of carboxylic acid groups (broad SMARTS) is 1. The summed E-state index contributed by atoms with van der Waals surface area (Å²) in [4.78, 5) is 15.2. The van der Waals surface area contributed by atoms with E-state index in [1.807, 2.05) is 0 Å². The minimum absolute atomic E-state index is 0.0423. The number of nitrogens with zero attached hydrogens (tertiary/aromatic N) is 1. The number of aromatic nitrogens is 1. The Hall–Kier alpha value is -2.97. The Kier molecular flexibility index (Phi) is 6.07. The van der Waals surface area contributed by atoms with Crippen LogP contribution >= 0.6 is 11.6 Å². The van der Waals surface area contributed by atoms with Crippen molar-refractivity contribution in [2.45, 2.75) is 24.6 Å². The number of halogens is 5. The molecule has 1 heterocycles. The number of aliphatic hydroxyl groups is 1. The highest BCUT2D eigenvalue weighted by Gasteiger charge is 2.59. The van der Waals surface area contributed by atoms with Crippen LogP contribution in [0.15, 0.2) is 60.8 Å². The number of benzene rings is 2. The lowest BCUT2D eigenvalue weighted by Gasteiger charge is -2.37. The average Bonchev–Trinajstić information content (AvgIpc) is 2.72. The SMILES string of the molecule is CC(c1ccc(F)cc1Cl)C(O)(c1ccnc(-c2cccc(C(=O)O)c2)c1)C(F)(F)F. The molecule has 31 heavy (non-hydrogen) atoms. The van der Waals surface area contributed by atoms with Gasteiger partial charge in [-0.1, -0.05) is 36.7 Å². The zero-order chi connectivity index (χ0) is 23.0. The second-order valence-electron chi connectivity index (χ2n) is 6.97. The normalized spacial score (nSPS) is 14.7. The summed E-state index contributed by atoms with van der Waals surface area (Å²) >= 11 is 5.96. The lowest BCUT2D eigenvalue weighted by atomic mass is 9.77. The van der Waals surface area contributed by atoms with Crippen molar-refractivity contribution in [2.24, 2.45) is 0 Å². The summed E-state index contributed by atoms with van der Waals surface area (Å²) in [5.41, 5.74) is -3.74. The largest absolute Gasteiger partial charge is 0.478 e. The van der Waals surface area contributed by atoms with E-state index in [0.29, 0.717) is 0 Å². The van der Waals surface area contributed by atoms with Crippen molar-refractivity contribution in [3.05, 3.63) is 88.3 Å². The van der Waals surface area contributed by atoms with Crippen LogP contribution in [0.5, 0.6) is 0 Å². The molecule has 1 aromatic heterocycles. The third-order valence-electron chi connectivity index (χ3n) is 5.09. The molecule has 0 fully saturated rings. The maximum atomic E-state index is 14.2. The van der Waals surface area contributed by atoms with Gasteiger partial charge in [0.2, 0.25) is 0 Å². The molecule has 0 amide bonds. The molecule has 4 nitrogen and oxygen atoms in total. The van der Waals surface area contributed by atoms with Gasteiger partial charge in [-0.05, 0) is 47.5 Å². The summed E-state index contributed by atoms with van der Waals surface area (Å²) in [6.07, 6.45) is -4.03. The minimum Gasteiger partial charge on any atom is -0.478 e. The molecule has 0 bridgehead atoms. The first-order valence-corrected chi connectivity index (χ1v) is 9.37. The van der Waals surface area contributed by atoms with E-state index in [1.165, 1.54) is 24.3 Å². The van der Waals surface area contributed by atoms with Crippen molar-refractivity contribution < 1.29 is 32.6 Å². The molecule has 0 aliphatic heterocycles. The predicted molar refractivity (Wildman–Crippen MR) is 106 cm³/mol. The first-order chi connectivity index (χ1) is 14.4. The van der Waals surface area contributed by atoms with Crippen molar-refractivity contribution in [1.29, 1.82) is 0 Å². The Labute approximate surface area is 179 Å². The van der Waals surface area contributed by atoms with E-state index in [1.54, 1.807) is 0 Å². The van der Waals surface area contributed by atoms with Crippen LogP contribution in [0.2, 0.25) is 5.02 Å². The summed E-state index contributed by atoms with van der Waals surface area (Å²) < 4.78 is 55.9. The molecule has 2 N–H and O–H groups in total. The maximum absolute atomic E-state index is 14.2. The van der Waals surface area contributed by atoms with Gasteiger partial charge in [0.25, 0.3) is 0 Å². The van der Waals surface area contributed by atoms with Crippen molar-refractivity contribution in [1.82, 2.24) is 4.98 Å². The Morgan fingerprint density at radius 2 is 1.81 bits per heavy atom. The van der Waals surface area contributed by atoms with Crippen LogP contribution in [-0.2, 0) is 5.60 Å². The van der Waals surface area contributed by atoms with E-state index in [-0.39, 0.29) is 27.4 Å². The Morgan fingerprint density at radius 3 is 2.42 bits per heavy atom. The number of hydrogen-bond acceptors (Lipinski definition) is 3. The van der Waals surface area contributed by atoms with Crippen molar-refractivity contribution in [2.75, 3.05) is 0 Å². The molecule has 3 aromatic rings. The van der Waals surface area contributed by atoms with E-state index in [9.17, 15) is 27.5 Å². The van der Waals surface area contributed by atoms with Crippen molar-refractivity contribution >= 4 is 17.6 Å². The van der Waals surface area contributed by atoms with Crippen LogP contribution in [0.3, 0.4) is 0 Å². The van der Waals surface area contributed by atoms with Crippen LogP contribution in [0.4, 0.5) is 17.6 Å². The number of rotatable bonds is 5. The van der Waals surface area contributed by atoms with Gasteiger partial charge in [0.05, 0.1) is 11.3 Å². The van der Waals surface area contributed by atoms with Crippen LogP contribution in [0, 0.1) is 5.82 Å². The molecule has 0 spiro atoms. The molecule has 2 aromatic carbocycles. The Balaban J connectivity index is 2.15. The molecule has 0 saturated carbocycles. The fourth-order valence-corrected chi connectivity index (χ4v) is 3.70. The number of carbonyl (C=O) groups is 1. The third-order valence-corrected chi connectivity index (χ3v) is 5.42. The molecule has 2 atom stereocenters. The van der Waals surface area contributed by atoms with Crippen LogP contribution in [-0.4, -0.2) is 27.3 Å². The fraction of sp³-hybridized carbons (Fsp3) is 0.182. The van der Waals surface area contributed by atoms with E-state index in [4.69, 9.17) is 16.7 Å². The van der Waals surface area contributed by atoms with Gasteiger partial charge in [0, 0.05) is 22.7 Å². The molecule has 0 aliphatic rings. The van der Waals surface area contributed by atoms with Crippen LogP contribution in [0.25, 0.3) is 11.3 Å². The monoisotopic (exact) mass is 453 g/mol. The van der Waals surface area contributed by atoms with Gasteiger partial charge < -0.3 is 10.2 Å². The van der Waals surface area contributed by atoms with Gasteiger partial charge in [0.15, 0.2) is 5.60 Å². The summed E-state index contributed by atoms with van der Waals surface area (Å²) in [5, 5.41) is 19.8. The number of carboxylic acids is 1. The Morgan fingerprint density at radius 1 is 1.10 bits per heavy atom. The second-order valence-corrected chi connectivity index (χ2v) is 7.37. The van der Waals surface area contributed by atoms with Crippen molar-refractivity contribution in [3.8, 4) is 11.3 Å². The molecule has 0 saturated heterocycles. The fourth-order valence-electron chi connectivity index (χ4n) is 3.37. The van der Waals surface area contributed by atoms with Crippen molar-refractivity contribution in [3.63, 3.8) is 0 Å². The second kappa shape index (κ2) is 8.28. The third kappa shape index (κ3) is 4.26. The zero-order valence-corrected chi connectivity index (χ0v) is 16.7. The highest BCUT2D eigenvalue weighted by molar-refractivity contribution is 6.31. The highest BCUT2D eigenvalue weighted by Crippen LogP contribution is 2.50. The topological polar surface area (TPSA) is 70.4 Å². The van der Waals surface area contributed by atoms with E-state index < -0.39 is 35.0 Å². The quantitative estimate of drug-likeness (QED) is 0.479. The molecular weight excluding hydrogens is 438 g/mol. The number of aromatic carboxylic acids is 1. The lowest BCUT2D eigenvalue weighted by Crippen LogP contribution is -2.46. The smallest absolute Gasteiger partial charge is 0.422 e. The number of alkyl halides is 3. The summed E-state index contributed by atoms with van der Waals surface area (Å²) in [7, 11) is 0. The molecular formula is C22H16ClF4NO3. The van der Waals surface area contributed by atoms with Gasteiger partial charge in [0.1, 0.15) is 5.82 Å². The average molecular weight is 454 g/mol. The van der Waals surface area contributed by atoms with E-state index in [2.05, 4.69) is 4.98 Å². The summed E-state index contributed by atoms with van der Waals surface area (Å²) in [6, 6.07) is 10.5. The highest BCUT2D eigenvalue weighted by atomic mass is 35.5. The first-order valence-electron chi connectivity index (χ1n) is 8.99. The van der Waals surface area contributed by atoms with Gasteiger partial charge >= 0.3 is 12.1 Å². The van der Waals surface area contributed by atoms with Crippen LogP contribution in [0.1, 0.15) is 34.3 Å². The maximum Gasteiger partial charge on any atom is 0.422 e. The van der Waals surface area contributed by atoms with E-state index >= 15 is 0 Å². The number of hydrogen-bond donors (Lipinski definition) is 2. The number of pyridine rings is 1. The molecule has 9 heteroatoms. The predicted octanol–water partition coefficient (Wildman–Crippen LogP) is 5.79. The Bertz CT molecular complexity index is 1140. The van der Waals surface area contributed by atoms with Gasteiger partial charge in [-0.25, -0.2) is 9.18 Å². The van der Waals surface area contributed by atoms with Gasteiger partial charge in [-0.2, -0.15) is 13.2 Å². The van der Waals surface area contributed by atoms with E-state index in [0.717, 1.165) is 43.5 Å². The van der Waals surface area contributed by atoms with Gasteiger partial charge in [-0.15, -0.1) is 0 Å². The standard InChI is InChI=1S/C22H16ClF4NO3/c1-12(17-6-5-16(24)11-18(17)23)21(31,22(25,26)27)15-7-8-28-19(10-15)13-3-2-4-14(9-13)20(29)30/h2-12,31H,1H3,(H,29,30). The summed E-state index contributed by atoms with van der Waals surface area (Å²) in [6.45, 7) is 1.14. The van der Waals surface area contributed by atoms with Crippen LogP contribution < -0.4 is 0 Å². The molecule has 162 valence electrons. The molecule has 0 radical (unpaired) electrons. The molecule has 2 unspecified atom stereocenters.